The zero-order valence-electron chi connectivity index (χ0n) is 14.4. The Morgan fingerprint density at radius 3 is 2.88 bits per heavy atom. The third kappa shape index (κ3) is 3.69. The lowest BCUT2D eigenvalue weighted by molar-refractivity contribution is -0.133. The smallest absolute Gasteiger partial charge is 0.236 e. The van der Waals surface area contributed by atoms with Crippen LogP contribution >= 0.6 is 0 Å². The zero-order valence-corrected chi connectivity index (χ0v) is 14.4. The molecule has 132 valence electrons. The van der Waals surface area contributed by atoms with Crippen LogP contribution in [0.2, 0.25) is 0 Å². The maximum Gasteiger partial charge on any atom is 0.236 e. The summed E-state index contributed by atoms with van der Waals surface area (Å²) in [6, 6.07) is 8.09. The molecule has 1 aromatic heterocycles. The molecule has 1 saturated heterocycles. The molecule has 4 rings (SSSR count). The molecule has 0 spiro atoms. The van der Waals surface area contributed by atoms with Gasteiger partial charge in [0.05, 0.1) is 6.54 Å². The minimum absolute atomic E-state index is 0.220. The van der Waals surface area contributed by atoms with Crippen molar-refractivity contribution in [3.05, 3.63) is 48.0 Å². The Balaban J connectivity index is 1.32. The quantitative estimate of drug-likeness (QED) is 0.928. The predicted molar refractivity (Wildman–Crippen MR) is 94.4 cm³/mol. The Morgan fingerprint density at radius 1 is 1.24 bits per heavy atom. The van der Waals surface area contributed by atoms with Crippen LogP contribution in [0.25, 0.3) is 0 Å². The van der Waals surface area contributed by atoms with Gasteiger partial charge >= 0.3 is 0 Å². The molecule has 1 N–H and O–H groups in total. The van der Waals surface area contributed by atoms with Gasteiger partial charge in [0.25, 0.3) is 0 Å². The molecule has 25 heavy (non-hydrogen) atoms. The Morgan fingerprint density at radius 2 is 2.08 bits per heavy atom. The van der Waals surface area contributed by atoms with E-state index in [1.54, 1.807) is 6.20 Å². The van der Waals surface area contributed by atoms with Gasteiger partial charge in [0.2, 0.25) is 5.91 Å². The molecule has 2 aliphatic heterocycles. The monoisotopic (exact) mass is 340 g/mol. The van der Waals surface area contributed by atoms with Crippen LogP contribution in [0.4, 0.5) is 0 Å². The first-order chi connectivity index (χ1) is 12.3. The molecule has 1 amide bonds. The first-order valence-electron chi connectivity index (χ1n) is 9.00. The number of para-hydroxylation sites is 1. The Bertz CT molecular complexity index is 708. The molecule has 0 aliphatic carbocycles. The number of rotatable bonds is 3. The first kappa shape index (κ1) is 16.1. The molecule has 1 fully saturated rings. The predicted octanol–water partition coefficient (Wildman–Crippen LogP) is 2.01. The summed E-state index contributed by atoms with van der Waals surface area (Å²) in [5.41, 5.74) is 1.16. The van der Waals surface area contributed by atoms with Crippen LogP contribution in [0.5, 0.6) is 5.75 Å². The Labute approximate surface area is 147 Å². The minimum Gasteiger partial charge on any atom is -0.492 e. The van der Waals surface area contributed by atoms with Crippen molar-refractivity contribution in [1.82, 2.24) is 19.8 Å². The Kier molecular flexibility index (Phi) is 4.70. The van der Waals surface area contributed by atoms with Crippen LogP contribution in [0.1, 0.15) is 30.1 Å². The molecule has 0 unspecified atom stereocenters. The Hall–Kier alpha value is -2.34. The fourth-order valence-corrected chi connectivity index (χ4v) is 3.71. The fourth-order valence-electron chi connectivity index (χ4n) is 3.71. The van der Waals surface area contributed by atoms with E-state index in [0.717, 1.165) is 56.2 Å². The number of carbonyl (C=O) groups is 1. The van der Waals surface area contributed by atoms with Crippen molar-refractivity contribution in [3.63, 3.8) is 0 Å². The SMILES string of the molecule is O=C(CN1CCOc2ccccc2C1)N1CCC(c2ncc[nH]2)CC1. The maximum atomic E-state index is 12.7. The highest BCUT2D eigenvalue weighted by Crippen LogP contribution is 2.26. The summed E-state index contributed by atoms with van der Waals surface area (Å²) in [4.78, 5) is 24.4. The number of likely N-dealkylation sites (tertiary alicyclic amines) is 1. The molecular weight excluding hydrogens is 316 g/mol. The average Bonchev–Trinajstić information content (AvgIpc) is 3.10. The number of ether oxygens (including phenoxy) is 1. The van der Waals surface area contributed by atoms with Crippen LogP contribution in [-0.2, 0) is 11.3 Å². The van der Waals surface area contributed by atoms with Gasteiger partial charge in [-0.25, -0.2) is 4.98 Å². The number of aromatic nitrogens is 2. The highest BCUT2D eigenvalue weighted by molar-refractivity contribution is 5.78. The van der Waals surface area contributed by atoms with E-state index in [-0.39, 0.29) is 5.91 Å². The summed E-state index contributed by atoms with van der Waals surface area (Å²) in [6.07, 6.45) is 5.62. The molecule has 6 nitrogen and oxygen atoms in total. The van der Waals surface area contributed by atoms with E-state index in [2.05, 4.69) is 20.9 Å². The molecule has 2 aromatic rings. The molecule has 0 radical (unpaired) electrons. The van der Waals surface area contributed by atoms with Gasteiger partial charge in [-0.1, -0.05) is 18.2 Å². The number of benzene rings is 1. The van der Waals surface area contributed by atoms with Crippen LogP contribution in [0.3, 0.4) is 0 Å². The second-order valence-corrected chi connectivity index (χ2v) is 6.80. The molecule has 0 bridgehead atoms. The number of amides is 1. The maximum absolute atomic E-state index is 12.7. The number of piperidine rings is 1. The van der Waals surface area contributed by atoms with E-state index in [1.165, 1.54) is 0 Å². The van der Waals surface area contributed by atoms with E-state index in [4.69, 9.17) is 4.74 Å². The normalized spacial score (nSPS) is 19.1. The van der Waals surface area contributed by atoms with E-state index >= 15 is 0 Å². The van der Waals surface area contributed by atoms with Crippen LogP contribution in [0.15, 0.2) is 36.7 Å². The van der Waals surface area contributed by atoms with Gasteiger partial charge in [-0.2, -0.15) is 0 Å². The number of aromatic amines is 1. The number of carbonyl (C=O) groups excluding carboxylic acids is 1. The van der Waals surface area contributed by atoms with Crippen LogP contribution < -0.4 is 4.74 Å². The number of nitrogens with one attached hydrogen (secondary N) is 1. The summed E-state index contributed by atoms with van der Waals surface area (Å²) < 4.78 is 5.78. The topological polar surface area (TPSA) is 61.5 Å². The molecule has 1 aromatic carbocycles. The molecule has 0 atom stereocenters. The summed E-state index contributed by atoms with van der Waals surface area (Å²) in [5, 5.41) is 0. The van der Waals surface area contributed by atoms with Gasteiger partial charge in [0, 0.05) is 50.1 Å². The first-order valence-corrected chi connectivity index (χ1v) is 9.00. The summed E-state index contributed by atoms with van der Waals surface area (Å²) in [7, 11) is 0. The largest absolute Gasteiger partial charge is 0.492 e. The number of imidazole rings is 1. The molecule has 6 heteroatoms. The molecule has 3 heterocycles. The lowest BCUT2D eigenvalue weighted by Crippen LogP contribution is -2.44. The van der Waals surface area contributed by atoms with Crippen molar-refractivity contribution in [2.45, 2.75) is 25.3 Å². The number of hydrogen-bond acceptors (Lipinski definition) is 4. The van der Waals surface area contributed by atoms with Crippen molar-refractivity contribution in [2.24, 2.45) is 0 Å². The van der Waals surface area contributed by atoms with Gasteiger partial charge in [-0.05, 0) is 18.9 Å². The van der Waals surface area contributed by atoms with Gasteiger partial charge < -0.3 is 14.6 Å². The summed E-state index contributed by atoms with van der Waals surface area (Å²) in [6.45, 7) is 4.26. The molecule has 0 saturated carbocycles. The lowest BCUT2D eigenvalue weighted by atomic mass is 9.96. The van der Waals surface area contributed by atoms with Gasteiger partial charge in [0.15, 0.2) is 0 Å². The van der Waals surface area contributed by atoms with Gasteiger partial charge in [0.1, 0.15) is 18.2 Å². The molecular formula is C19H24N4O2. The van der Waals surface area contributed by atoms with Gasteiger partial charge in [-0.15, -0.1) is 0 Å². The number of nitrogens with zero attached hydrogens (tertiary/aromatic N) is 3. The number of fused-ring (bicyclic) bond motifs is 1. The molecule has 2 aliphatic rings. The van der Waals surface area contributed by atoms with E-state index in [0.29, 0.717) is 19.1 Å². The number of H-pyrrole nitrogens is 1. The third-order valence-electron chi connectivity index (χ3n) is 5.14. The standard InChI is InChI=1S/C19H24N4O2/c24-18(23-9-5-15(6-10-23)19-20-7-8-21-19)14-22-11-12-25-17-4-2-1-3-16(17)13-22/h1-4,7-8,15H,5-6,9-14H2,(H,20,21). The van der Waals surface area contributed by atoms with Crippen molar-refractivity contribution in [2.75, 3.05) is 32.8 Å². The van der Waals surface area contributed by atoms with E-state index in [1.807, 2.05) is 29.3 Å². The van der Waals surface area contributed by atoms with E-state index < -0.39 is 0 Å². The highest BCUT2D eigenvalue weighted by atomic mass is 16.5. The van der Waals surface area contributed by atoms with Crippen molar-refractivity contribution in [3.8, 4) is 5.75 Å². The third-order valence-corrected chi connectivity index (χ3v) is 5.14. The van der Waals surface area contributed by atoms with Crippen molar-refractivity contribution < 1.29 is 9.53 Å². The lowest BCUT2D eigenvalue weighted by Gasteiger charge is -2.32. The average molecular weight is 340 g/mol. The number of hydrogen-bond donors (Lipinski definition) is 1. The fraction of sp³-hybridized carbons (Fsp3) is 0.474. The minimum atomic E-state index is 0.220. The van der Waals surface area contributed by atoms with E-state index in [9.17, 15) is 4.79 Å². The zero-order chi connectivity index (χ0) is 17.1. The van der Waals surface area contributed by atoms with Crippen molar-refractivity contribution in [1.29, 1.82) is 0 Å². The second kappa shape index (κ2) is 7.27. The van der Waals surface area contributed by atoms with Crippen LogP contribution in [-0.4, -0.2) is 58.5 Å². The highest BCUT2D eigenvalue weighted by Gasteiger charge is 2.26. The van der Waals surface area contributed by atoms with Gasteiger partial charge in [-0.3, -0.25) is 9.69 Å². The second-order valence-electron chi connectivity index (χ2n) is 6.80. The summed E-state index contributed by atoms with van der Waals surface area (Å²) in [5.74, 6) is 2.65. The van der Waals surface area contributed by atoms with Crippen molar-refractivity contribution >= 4 is 5.91 Å². The van der Waals surface area contributed by atoms with Crippen LogP contribution in [0, 0.1) is 0 Å². The summed E-state index contributed by atoms with van der Waals surface area (Å²) >= 11 is 0.